The lowest BCUT2D eigenvalue weighted by molar-refractivity contribution is -0.159. The van der Waals surface area contributed by atoms with E-state index in [-0.39, 0.29) is 11.9 Å². The van der Waals surface area contributed by atoms with Gasteiger partial charge in [0.15, 0.2) is 5.79 Å². The minimum absolute atomic E-state index is 0.0448. The molecule has 1 saturated heterocycles. The molecule has 6 heteroatoms. The highest BCUT2D eigenvalue weighted by Gasteiger charge is 2.44. The first-order valence-electron chi connectivity index (χ1n) is 6.79. The quantitative estimate of drug-likeness (QED) is 0.800. The fraction of sp³-hybridized carbons (Fsp3) is 0.923. The highest BCUT2D eigenvalue weighted by atomic mass is 32.2. The fourth-order valence-electron chi connectivity index (χ4n) is 2.57. The maximum Gasteiger partial charge on any atom is 0.321 e. The van der Waals surface area contributed by atoms with E-state index < -0.39 is 16.8 Å². The van der Waals surface area contributed by atoms with Gasteiger partial charge in [0.25, 0.3) is 0 Å². The molecule has 2 fully saturated rings. The van der Waals surface area contributed by atoms with Crippen LogP contribution in [-0.4, -0.2) is 46.1 Å². The largest absolute Gasteiger partial charge is 0.480 e. The highest BCUT2D eigenvalue weighted by molar-refractivity contribution is 8.00. The summed E-state index contributed by atoms with van der Waals surface area (Å²) in [4.78, 5) is 11.0. The first-order valence-corrected chi connectivity index (χ1v) is 7.77. The third-order valence-electron chi connectivity index (χ3n) is 3.94. The molecule has 0 radical (unpaired) electrons. The molecule has 0 amide bonds. The van der Waals surface area contributed by atoms with E-state index in [1.54, 1.807) is 11.8 Å². The molecule has 2 rings (SSSR count). The van der Waals surface area contributed by atoms with Crippen LogP contribution in [0.15, 0.2) is 0 Å². The Bertz CT molecular complexity index is 342. The molecule has 5 nitrogen and oxygen atoms in total. The lowest BCUT2D eigenvalue weighted by Crippen LogP contribution is -2.47. The van der Waals surface area contributed by atoms with Crippen molar-refractivity contribution < 1.29 is 19.4 Å². The zero-order chi connectivity index (χ0) is 14.1. The Morgan fingerprint density at radius 2 is 2.16 bits per heavy atom. The Kier molecular flexibility index (Phi) is 4.45. The van der Waals surface area contributed by atoms with E-state index in [0.29, 0.717) is 6.61 Å². The summed E-state index contributed by atoms with van der Waals surface area (Å²) in [7, 11) is 0. The molecule has 1 saturated carbocycles. The van der Waals surface area contributed by atoms with Crippen LogP contribution in [0.3, 0.4) is 0 Å². The van der Waals surface area contributed by atoms with E-state index in [4.69, 9.17) is 20.3 Å². The van der Waals surface area contributed by atoms with Gasteiger partial charge in [0.2, 0.25) is 0 Å². The average Bonchev–Trinajstić information content (AvgIpc) is 2.97. The lowest BCUT2D eigenvalue weighted by atomic mass is 10.1. The zero-order valence-corrected chi connectivity index (χ0v) is 12.4. The van der Waals surface area contributed by atoms with Gasteiger partial charge in [0.1, 0.15) is 6.04 Å². The second kappa shape index (κ2) is 5.60. The zero-order valence-electron chi connectivity index (χ0n) is 11.6. The number of carboxylic acids is 1. The summed E-state index contributed by atoms with van der Waals surface area (Å²) in [5.41, 5.74) is 5.70. The van der Waals surface area contributed by atoms with Gasteiger partial charge in [-0.1, -0.05) is 0 Å². The molecule has 19 heavy (non-hydrogen) atoms. The van der Waals surface area contributed by atoms with E-state index in [9.17, 15) is 4.79 Å². The molecule has 0 aromatic carbocycles. The van der Waals surface area contributed by atoms with Gasteiger partial charge in [-0.05, 0) is 26.7 Å². The maximum absolute atomic E-state index is 11.0. The van der Waals surface area contributed by atoms with Crippen LogP contribution in [0.1, 0.15) is 39.5 Å². The van der Waals surface area contributed by atoms with Gasteiger partial charge in [-0.2, -0.15) is 11.8 Å². The normalized spacial score (nSPS) is 27.8. The van der Waals surface area contributed by atoms with E-state index in [1.807, 2.05) is 13.8 Å². The van der Waals surface area contributed by atoms with Crippen LogP contribution in [0.2, 0.25) is 0 Å². The first kappa shape index (κ1) is 15.1. The van der Waals surface area contributed by atoms with Crippen molar-refractivity contribution in [2.24, 2.45) is 5.73 Å². The number of hydrogen-bond acceptors (Lipinski definition) is 5. The first-order chi connectivity index (χ1) is 8.85. The van der Waals surface area contributed by atoms with Crippen molar-refractivity contribution in [3.63, 3.8) is 0 Å². The van der Waals surface area contributed by atoms with Crippen molar-refractivity contribution in [1.82, 2.24) is 0 Å². The SMILES string of the molecule is CC(C)(SCC1COC2(CCCC2)O1)[C@H](N)C(=O)O. The Hall–Kier alpha value is -0.300. The number of carbonyl (C=O) groups is 1. The average molecular weight is 289 g/mol. The van der Waals surface area contributed by atoms with Crippen LogP contribution in [0.4, 0.5) is 0 Å². The van der Waals surface area contributed by atoms with Crippen LogP contribution in [0.25, 0.3) is 0 Å². The van der Waals surface area contributed by atoms with Gasteiger partial charge in [-0.3, -0.25) is 4.79 Å². The Morgan fingerprint density at radius 1 is 1.53 bits per heavy atom. The summed E-state index contributed by atoms with van der Waals surface area (Å²) in [6.07, 6.45) is 4.33. The van der Waals surface area contributed by atoms with E-state index >= 15 is 0 Å². The molecule has 1 spiro atoms. The van der Waals surface area contributed by atoms with Crippen LogP contribution >= 0.6 is 11.8 Å². The van der Waals surface area contributed by atoms with Crippen molar-refractivity contribution in [3.8, 4) is 0 Å². The lowest BCUT2D eigenvalue weighted by Gasteiger charge is -2.29. The van der Waals surface area contributed by atoms with Crippen LogP contribution in [0, 0.1) is 0 Å². The molecule has 3 N–H and O–H groups in total. The number of carboxylic acid groups (broad SMARTS) is 1. The third-order valence-corrected chi connectivity index (χ3v) is 5.47. The van der Waals surface area contributed by atoms with Crippen molar-refractivity contribution in [2.75, 3.05) is 12.4 Å². The molecular weight excluding hydrogens is 266 g/mol. The number of thioether (sulfide) groups is 1. The predicted molar refractivity (Wildman–Crippen MR) is 74.2 cm³/mol. The number of aliphatic carboxylic acids is 1. The standard InChI is InChI=1S/C13H23NO4S/c1-12(2,10(14)11(15)16)19-8-9-7-17-13(18-9)5-3-4-6-13/h9-10H,3-8,14H2,1-2H3,(H,15,16)/t9?,10-/m1/s1. The molecule has 1 aliphatic heterocycles. The molecular formula is C13H23NO4S. The van der Waals surface area contributed by atoms with Gasteiger partial charge in [0.05, 0.1) is 12.7 Å². The van der Waals surface area contributed by atoms with Gasteiger partial charge >= 0.3 is 5.97 Å². The summed E-state index contributed by atoms with van der Waals surface area (Å²) in [5, 5.41) is 8.98. The Labute approximate surface area is 118 Å². The van der Waals surface area contributed by atoms with Crippen molar-refractivity contribution in [3.05, 3.63) is 0 Å². The van der Waals surface area contributed by atoms with E-state index in [1.165, 1.54) is 0 Å². The minimum atomic E-state index is -0.964. The summed E-state index contributed by atoms with van der Waals surface area (Å²) in [6, 6.07) is -0.875. The van der Waals surface area contributed by atoms with E-state index in [0.717, 1.165) is 31.4 Å². The van der Waals surface area contributed by atoms with Gasteiger partial charge in [0, 0.05) is 23.3 Å². The van der Waals surface area contributed by atoms with Crippen LogP contribution < -0.4 is 5.73 Å². The third kappa shape index (κ3) is 3.42. The molecule has 0 aromatic heterocycles. The van der Waals surface area contributed by atoms with Crippen molar-refractivity contribution >= 4 is 17.7 Å². The van der Waals surface area contributed by atoms with Crippen LogP contribution in [-0.2, 0) is 14.3 Å². The predicted octanol–water partition coefficient (Wildman–Crippen LogP) is 1.60. The number of ether oxygens (including phenoxy) is 2. The van der Waals surface area contributed by atoms with Gasteiger partial charge in [-0.15, -0.1) is 0 Å². The molecule has 1 heterocycles. The van der Waals surface area contributed by atoms with Crippen molar-refractivity contribution in [1.29, 1.82) is 0 Å². The molecule has 0 bridgehead atoms. The van der Waals surface area contributed by atoms with Gasteiger partial charge < -0.3 is 20.3 Å². The summed E-state index contributed by atoms with van der Waals surface area (Å²) in [5.74, 6) is -0.589. The maximum atomic E-state index is 11.0. The van der Waals surface area contributed by atoms with E-state index in [2.05, 4.69) is 0 Å². The summed E-state index contributed by atoms with van der Waals surface area (Å²) in [6.45, 7) is 4.32. The number of nitrogens with two attached hydrogens (primary N) is 1. The Morgan fingerprint density at radius 3 is 2.74 bits per heavy atom. The smallest absolute Gasteiger partial charge is 0.321 e. The molecule has 1 aliphatic carbocycles. The summed E-state index contributed by atoms with van der Waals surface area (Å²) >= 11 is 1.54. The second-order valence-corrected chi connectivity index (χ2v) is 7.57. The molecule has 2 aliphatic rings. The minimum Gasteiger partial charge on any atom is -0.480 e. The summed E-state index contributed by atoms with van der Waals surface area (Å²) < 4.78 is 11.3. The molecule has 1 unspecified atom stereocenters. The Balaban J connectivity index is 1.81. The monoisotopic (exact) mass is 289 g/mol. The molecule has 0 aromatic rings. The van der Waals surface area contributed by atoms with Crippen molar-refractivity contribution in [2.45, 2.75) is 62.2 Å². The highest BCUT2D eigenvalue weighted by Crippen LogP contribution is 2.40. The molecule has 110 valence electrons. The second-order valence-electron chi connectivity index (χ2n) is 5.90. The van der Waals surface area contributed by atoms with Gasteiger partial charge in [-0.25, -0.2) is 0 Å². The molecule has 2 atom stereocenters. The number of rotatable bonds is 5. The topological polar surface area (TPSA) is 81.8 Å². The van der Waals surface area contributed by atoms with Crippen LogP contribution in [0.5, 0.6) is 0 Å². The number of hydrogen-bond donors (Lipinski definition) is 2. The fourth-order valence-corrected chi connectivity index (χ4v) is 3.63.